The van der Waals surface area contributed by atoms with Crippen LogP contribution < -0.4 is 0 Å². The zero-order chi connectivity index (χ0) is 12.3. The van der Waals surface area contributed by atoms with Crippen molar-refractivity contribution < 1.29 is 9.90 Å². The van der Waals surface area contributed by atoms with E-state index in [1.165, 1.54) is 5.56 Å². The Morgan fingerprint density at radius 3 is 2.65 bits per heavy atom. The summed E-state index contributed by atoms with van der Waals surface area (Å²) in [6.07, 6.45) is 1.06. The van der Waals surface area contributed by atoms with E-state index < -0.39 is 5.97 Å². The lowest BCUT2D eigenvalue weighted by molar-refractivity contribution is -0.147. The fraction of sp³-hybridized carbons (Fsp3) is 0.500. The molecule has 3 heteroatoms. The summed E-state index contributed by atoms with van der Waals surface area (Å²) in [5.74, 6) is -0.219. The minimum absolute atomic E-state index is 0.140. The van der Waals surface area contributed by atoms with Gasteiger partial charge in [0.1, 0.15) is 0 Å². The third kappa shape index (κ3) is 3.30. The number of carboxylic acid groups (broad SMARTS) is 1. The van der Waals surface area contributed by atoms with Gasteiger partial charge < -0.3 is 10.0 Å². The highest BCUT2D eigenvalue weighted by atomic mass is 16.4. The summed E-state index contributed by atoms with van der Waals surface area (Å²) in [5.41, 5.74) is 1.36. The minimum Gasteiger partial charge on any atom is -0.481 e. The summed E-state index contributed by atoms with van der Waals surface area (Å²) >= 11 is 0. The normalized spacial score (nSPS) is 18.6. The van der Waals surface area contributed by atoms with Crippen LogP contribution >= 0.6 is 0 Å². The Bertz CT molecular complexity index is 371. The minimum atomic E-state index is -0.656. The Labute approximate surface area is 102 Å². The van der Waals surface area contributed by atoms with Gasteiger partial charge in [-0.1, -0.05) is 37.3 Å². The zero-order valence-electron chi connectivity index (χ0n) is 10.2. The molecule has 17 heavy (non-hydrogen) atoms. The van der Waals surface area contributed by atoms with E-state index in [1.807, 2.05) is 6.07 Å². The predicted molar refractivity (Wildman–Crippen MR) is 66.9 cm³/mol. The van der Waals surface area contributed by atoms with E-state index in [4.69, 9.17) is 5.11 Å². The average molecular weight is 233 g/mol. The Morgan fingerprint density at radius 2 is 2.06 bits per heavy atom. The van der Waals surface area contributed by atoms with Crippen molar-refractivity contribution in [3.8, 4) is 0 Å². The third-order valence-corrected chi connectivity index (χ3v) is 3.30. The molecule has 3 nitrogen and oxygen atoms in total. The molecular weight excluding hydrogens is 214 g/mol. The van der Waals surface area contributed by atoms with E-state index in [9.17, 15) is 4.79 Å². The van der Waals surface area contributed by atoms with Gasteiger partial charge in [-0.3, -0.25) is 4.79 Å². The van der Waals surface area contributed by atoms with E-state index in [0.717, 1.165) is 13.0 Å². The smallest absolute Gasteiger partial charge is 0.309 e. The third-order valence-electron chi connectivity index (χ3n) is 3.30. The Balaban J connectivity index is 1.72. The molecule has 0 bridgehead atoms. The van der Waals surface area contributed by atoms with E-state index in [0.29, 0.717) is 19.0 Å². The first-order chi connectivity index (χ1) is 8.15. The first-order valence-corrected chi connectivity index (χ1v) is 6.14. The number of likely N-dealkylation sites (tertiary alicyclic amines) is 1. The van der Waals surface area contributed by atoms with Gasteiger partial charge in [0, 0.05) is 19.6 Å². The second-order valence-corrected chi connectivity index (χ2v) is 5.05. The second kappa shape index (κ2) is 5.32. The van der Waals surface area contributed by atoms with E-state index >= 15 is 0 Å². The summed E-state index contributed by atoms with van der Waals surface area (Å²) in [5, 5.41) is 8.79. The van der Waals surface area contributed by atoms with Crippen molar-refractivity contribution in [1.29, 1.82) is 0 Å². The number of nitrogens with zero attached hydrogens (tertiary/aromatic N) is 1. The Hall–Kier alpha value is -1.35. The van der Waals surface area contributed by atoms with Gasteiger partial charge in [0.2, 0.25) is 0 Å². The number of carbonyl (C=O) groups is 1. The molecule has 1 unspecified atom stereocenters. The molecule has 92 valence electrons. The van der Waals surface area contributed by atoms with Crippen LogP contribution in [-0.4, -0.2) is 35.6 Å². The van der Waals surface area contributed by atoms with E-state index in [2.05, 4.69) is 36.1 Å². The van der Waals surface area contributed by atoms with E-state index in [1.54, 1.807) is 0 Å². The van der Waals surface area contributed by atoms with Gasteiger partial charge in [-0.2, -0.15) is 0 Å². The Morgan fingerprint density at radius 1 is 1.41 bits per heavy atom. The second-order valence-electron chi connectivity index (χ2n) is 5.05. The molecule has 1 heterocycles. The Kier molecular flexibility index (Phi) is 3.79. The maximum atomic E-state index is 10.7. The van der Waals surface area contributed by atoms with Crippen molar-refractivity contribution in [2.24, 2.45) is 11.8 Å². The highest BCUT2D eigenvalue weighted by Gasteiger charge is 2.32. The fourth-order valence-corrected chi connectivity index (χ4v) is 2.40. The highest BCUT2D eigenvalue weighted by molar-refractivity contribution is 5.71. The summed E-state index contributed by atoms with van der Waals surface area (Å²) in [4.78, 5) is 12.9. The maximum absolute atomic E-state index is 10.7. The number of rotatable bonds is 5. The average Bonchev–Trinajstić information content (AvgIpc) is 2.23. The zero-order valence-corrected chi connectivity index (χ0v) is 10.2. The number of hydrogen-bond donors (Lipinski definition) is 1. The SMILES string of the molecule is CC(Cc1ccccc1)CN1CC(C(=O)O)C1. The molecule has 1 atom stereocenters. The molecule has 0 amide bonds. The van der Waals surface area contributed by atoms with Crippen LogP contribution in [0.1, 0.15) is 12.5 Å². The van der Waals surface area contributed by atoms with Gasteiger partial charge >= 0.3 is 5.97 Å². The molecule has 1 N–H and O–H groups in total. The van der Waals surface area contributed by atoms with Gasteiger partial charge in [0.25, 0.3) is 0 Å². The lowest BCUT2D eigenvalue weighted by Gasteiger charge is -2.38. The number of aliphatic carboxylic acids is 1. The van der Waals surface area contributed by atoms with Crippen LogP contribution in [0.4, 0.5) is 0 Å². The quantitative estimate of drug-likeness (QED) is 0.844. The van der Waals surface area contributed by atoms with Crippen molar-refractivity contribution in [2.75, 3.05) is 19.6 Å². The van der Waals surface area contributed by atoms with Gasteiger partial charge in [-0.25, -0.2) is 0 Å². The van der Waals surface area contributed by atoms with Crippen molar-refractivity contribution in [2.45, 2.75) is 13.3 Å². The van der Waals surface area contributed by atoms with Crippen LogP contribution in [0.2, 0.25) is 0 Å². The molecule has 1 saturated heterocycles. The van der Waals surface area contributed by atoms with Gasteiger partial charge in [-0.15, -0.1) is 0 Å². The number of hydrogen-bond acceptors (Lipinski definition) is 2. The molecule has 1 aliphatic rings. The van der Waals surface area contributed by atoms with Crippen LogP contribution in [0.5, 0.6) is 0 Å². The standard InChI is InChI=1S/C14H19NO2/c1-11(7-12-5-3-2-4-6-12)8-15-9-13(10-15)14(16)17/h2-6,11,13H,7-10H2,1H3,(H,16,17). The van der Waals surface area contributed by atoms with Crippen molar-refractivity contribution in [3.05, 3.63) is 35.9 Å². The van der Waals surface area contributed by atoms with Crippen LogP contribution in [0.15, 0.2) is 30.3 Å². The molecule has 0 aromatic heterocycles. The monoisotopic (exact) mass is 233 g/mol. The van der Waals surface area contributed by atoms with Crippen LogP contribution in [0, 0.1) is 11.8 Å². The van der Waals surface area contributed by atoms with E-state index in [-0.39, 0.29) is 5.92 Å². The molecule has 0 saturated carbocycles. The molecule has 0 spiro atoms. The summed E-state index contributed by atoms with van der Waals surface area (Å²) < 4.78 is 0. The highest BCUT2D eigenvalue weighted by Crippen LogP contribution is 2.18. The molecule has 0 aliphatic carbocycles. The first kappa shape index (κ1) is 12.1. The number of benzene rings is 1. The predicted octanol–water partition coefficient (Wildman–Crippen LogP) is 1.88. The van der Waals surface area contributed by atoms with Gasteiger partial charge in [0.15, 0.2) is 0 Å². The molecule has 1 fully saturated rings. The van der Waals surface area contributed by atoms with Crippen LogP contribution in [0.25, 0.3) is 0 Å². The molecule has 2 rings (SSSR count). The topological polar surface area (TPSA) is 40.5 Å². The molecular formula is C14H19NO2. The summed E-state index contributed by atoms with van der Waals surface area (Å²) in [6, 6.07) is 10.4. The summed E-state index contributed by atoms with van der Waals surface area (Å²) in [6.45, 7) is 4.66. The largest absolute Gasteiger partial charge is 0.481 e. The molecule has 1 aromatic carbocycles. The van der Waals surface area contributed by atoms with Crippen LogP contribution in [-0.2, 0) is 11.2 Å². The van der Waals surface area contributed by atoms with Crippen molar-refractivity contribution in [1.82, 2.24) is 4.90 Å². The lowest BCUT2D eigenvalue weighted by atomic mass is 9.95. The first-order valence-electron chi connectivity index (χ1n) is 6.14. The maximum Gasteiger partial charge on any atom is 0.309 e. The van der Waals surface area contributed by atoms with Crippen molar-refractivity contribution >= 4 is 5.97 Å². The number of carboxylic acids is 1. The fourth-order valence-electron chi connectivity index (χ4n) is 2.40. The van der Waals surface area contributed by atoms with Gasteiger partial charge in [0.05, 0.1) is 5.92 Å². The molecule has 0 radical (unpaired) electrons. The van der Waals surface area contributed by atoms with Gasteiger partial charge in [-0.05, 0) is 17.9 Å². The van der Waals surface area contributed by atoms with Crippen molar-refractivity contribution in [3.63, 3.8) is 0 Å². The summed E-state index contributed by atoms with van der Waals surface area (Å²) in [7, 11) is 0. The lowest BCUT2D eigenvalue weighted by Crippen LogP contribution is -2.51. The molecule has 1 aromatic rings. The molecule has 1 aliphatic heterocycles. The van der Waals surface area contributed by atoms with Crippen LogP contribution in [0.3, 0.4) is 0 Å².